The summed E-state index contributed by atoms with van der Waals surface area (Å²) < 4.78 is 13.9. The van der Waals surface area contributed by atoms with Crippen LogP contribution in [0, 0.1) is 11.7 Å². The van der Waals surface area contributed by atoms with E-state index in [2.05, 4.69) is 34.4 Å². The number of aromatic nitrogens is 3. The van der Waals surface area contributed by atoms with E-state index in [9.17, 15) is 0 Å². The Morgan fingerprint density at radius 2 is 1.96 bits per heavy atom. The molecule has 1 aromatic heterocycles. The van der Waals surface area contributed by atoms with Gasteiger partial charge in [-0.05, 0) is 61.0 Å². The third-order valence-corrected chi connectivity index (χ3v) is 4.53. The molecular weight excluding hydrogens is 372 g/mol. The van der Waals surface area contributed by atoms with Crippen molar-refractivity contribution in [2.75, 3.05) is 6.61 Å². The van der Waals surface area contributed by atoms with Gasteiger partial charge >= 0.3 is 0 Å². The van der Waals surface area contributed by atoms with Gasteiger partial charge in [0.2, 0.25) is 4.77 Å². The molecule has 0 aliphatic heterocycles. The van der Waals surface area contributed by atoms with Crippen LogP contribution in [0.2, 0.25) is 0 Å². The predicted octanol–water partition coefficient (Wildman–Crippen LogP) is 4.67. The normalized spacial score (nSPS) is 11.1. The van der Waals surface area contributed by atoms with Crippen molar-refractivity contribution < 1.29 is 9.47 Å². The molecule has 0 saturated heterocycles. The highest BCUT2D eigenvalue weighted by Gasteiger charge is 2.08. The molecule has 0 saturated carbocycles. The fourth-order valence-corrected chi connectivity index (χ4v) is 2.91. The molecule has 0 aliphatic carbocycles. The van der Waals surface area contributed by atoms with E-state index in [1.54, 1.807) is 10.9 Å². The minimum absolute atomic E-state index is 0.469. The molecule has 3 aromatic rings. The van der Waals surface area contributed by atoms with Gasteiger partial charge in [-0.3, -0.25) is 5.10 Å². The number of benzene rings is 2. The zero-order chi connectivity index (χ0) is 19.9. The zero-order valence-corrected chi connectivity index (χ0v) is 17.1. The highest BCUT2D eigenvalue weighted by Crippen LogP contribution is 2.29. The number of aromatic amines is 1. The van der Waals surface area contributed by atoms with Gasteiger partial charge in [0, 0.05) is 6.42 Å². The van der Waals surface area contributed by atoms with Crippen molar-refractivity contribution in [2.24, 2.45) is 5.10 Å². The lowest BCUT2D eigenvalue weighted by molar-refractivity contribution is 0.269. The van der Waals surface area contributed by atoms with Crippen LogP contribution in [0.4, 0.5) is 0 Å². The summed E-state index contributed by atoms with van der Waals surface area (Å²) in [5, 5.41) is 11.4. The van der Waals surface area contributed by atoms with Crippen molar-refractivity contribution in [1.29, 1.82) is 0 Å². The average molecular weight is 397 g/mol. The standard InChI is InChI=1S/C21H24N4O2S/c1-4-20-23-24-21(28)25(20)22-13-16-10-11-18(19(12-16)26-5-2)27-14-17-9-7-6-8-15(17)3/h6-13H,4-5,14H2,1-3H3,(H,24,28)/b22-13-. The summed E-state index contributed by atoms with van der Waals surface area (Å²) in [7, 11) is 0. The molecule has 0 unspecified atom stereocenters. The largest absolute Gasteiger partial charge is 0.490 e. The Kier molecular flexibility index (Phi) is 6.60. The average Bonchev–Trinajstić information content (AvgIpc) is 3.06. The van der Waals surface area contributed by atoms with E-state index >= 15 is 0 Å². The Hall–Kier alpha value is -2.93. The van der Waals surface area contributed by atoms with E-state index in [1.807, 2.05) is 44.2 Å². The van der Waals surface area contributed by atoms with E-state index in [4.69, 9.17) is 21.7 Å². The van der Waals surface area contributed by atoms with Gasteiger partial charge in [-0.1, -0.05) is 31.2 Å². The molecule has 28 heavy (non-hydrogen) atoms. The predicted molar refractivity (Wildman–Crippen MR) is 113 cm³/mol. The van der Waals surface area contributed by atoms with Crippen LogP contribution in [0.3, 0.4) is 0 Å². The van der Waals surface area contributed by atoms with Crippen molar-refractivity contribution in [2.45, 2.75) is 33.8 Å². The molecule has 0 atom stereocenters. The van der Waals surface area contributed by atoms with Gasteiger partial charge < -0.3 is 9.47 Å². The van der Waals surface area contributed by atoms with Crippen molar-refractivity contribution in [1.82, 2.24) is 14.9 Å². The number of ether oxygens (including phenoxy) is 2. The molecule has 1 N–H and O–H groups in total. The summed E-state index contributed by atoms with van der Waals surface area (Å²) in [4.78, 5) is 0. The quantitative estimate of drug-likeness (QED) is 0.444. The minimum atomic E-state index is 0.469. The van der Waals surface area contributed by atoms with E-state index < -0.39 is 0 Å². The van der Waals surface area contributed by atoms with Crippen LogP contribution >= 0.6 is 12.2 Å². The number of nitrogens with one attached hydrogen (secondary N) is 1. The van der Waals surface area contributed by atoms with Crippen LogP contribution in [0.25, 0.3) is 0 Å². The molecule has 3 rings (SSSR count). The zero-order valence-electron chi connectivity index (χ0n) is 16.3. The molecule has 7 heteroatoms. The van der Waals surface area contributed by atoms with Gasteiger partial charge in [-0.15, -0.1) is 0 Å². The second kappa shape index (κ2) is 9.32. The number of aryl methyl sites for hydroxylation is 2. The Bertz CT molecular complexity index is 1020. The van der Waals surface area contributed by atoms with Crippen LogP contribution < -0.4 is 9.47 Å². The molecule has 0 amide bonds. The first-order chi connectivity index (χ1) is 13.6. The number of rotatable bonds is 8. The number of hydrogen-bond donors (Lipinski definition) is 1. The lowest BCUT2D eigenvalue weighted by Gasteiger charge is -2.13. The second-order valence-corrected chi connectivity index (χ2v) is 6.60. The molecule has 0 radical (unpaired) electrons. The van der Waals surface area contributed by atoms with Crippen molar-refractivity contribution in [3.8, 4) is 11.5 Å². The molecular formula is C21H24N4O2S. The summed E-state index contributed by atoms with van der Waals surface area (Å²) in [5.74, 6) is 2.17. The Morgan fingerprint density at radius 1 is 1.14 bits per heavy atom. The maximum Gasteiger partial charge on any atom is 0.216 e. The fourth-order valence-electron chi connectivity index (χ4n) is 2.72. The van der Waals surface area contributed by atoms with E-state index in [1.165, 1.54) is 5.56 Å². The van der Waals surface area contributed by atoms with Crippen molar-refractivity contribution in [3.63, 3.8) is 0 Å². The molecule has 2 aromatic carbocycles. The van der Waals surface area contributed by atoms with Crippen molar-refractivity contribution >= 4 is 18.4 Å². The first-order valence-electron chi connectivity index (χ1n) is 9.27. The van der Waals surface area contributed by atoms with Gasteiger partial charge in [0.1, 0.15) is 6.61 Å². The third kappa shape index (κ3) is 4.67. The van der Waals surface area contributed by atoms with Crippen molar-refractivity contribution in [3.05, 3.63) is 69.8 Å². The van der Waals surface area contributed by atoms with Crippen LogP contribution in [0.5, 0.6) is 11.5 Å². The maximum absolute atomic E-state index is 6.01. The highest BCUT2D eigenvalue weighted by molar-refractivity contribution is 7.71. The summed E-state index contributed by atoms with van der Waals surface area (Å²) in [6.07, 6.45) is 2.47. The van der Waals surface area contributed by atoms with Gasteiger partial charge in [0.15, 0.2) is 17.3 Å². The molecule has 6 nitrogen and oxygen atoms in total. The first kappa shape index (κ1) is 19.8. The first-order valence-corrected chi connectivity index (χ1v) is 9.68. The third-order valence-electron chi connectivity index (χ3n) is 4.27. The Morgan fingerprint density at radius 3 is 2.71 bits per heavy atom. The van der Waals surface area contributed by atoms with Gasteiger partial charge in [0.25, 0.3) is 0 Å². The molecule has 1 heterocycles. The summed E-state index contributed by atoms with van der Waals surface area (Å²) in [6.45, 7) is 7.07. The SMILES string of the molecule is CCOc1cc(/C=N\n2c(CC)n[nH]c2=S)ccc1OCc1ccccc1C. The number of nitrogens with zero attached hydrogens (tertiary/aromatic N) is 3. The Labute approximate surface area is 169 Å². The smallest absolute Gasteiger partial charge is 0.216 e. The van der Waals surface area contributed by atoms with Crippen LogP contribution in [0.1, 0.15) is 36.4 Å². The lowest BCUT2D eigenvalue weighted by atomic mass is 10.1. The summed E-state index contributed by atoms with van der Waals surface area (Å²) in [6, 6.07) is 13.9. The number of hydrogen-bond acceptors (Lipinski definition) is 5. The van der Waals surface area contributed by atoms with Crippen LogP contribution in [-0.4, -0.2) is 27.7 Å². The summed E-state index contributed by atoms with van der Waals surface area (Å²) >= 11 is 5.22. The van der Waals surface area contributed by atoms with Gasteiger partial charge in [-0.2, -0.15) is 14.9 Å². The molecule has 0 aliphatic rings. The monoisotopic (exact) mass is 396 g/mol. The van der Waals surface area contributed by atoms with Crippen LogP contribution in [0.15, 0.2) is 47.6 Å². The van der Waals surface area contributed by atoms with Crippen LogP contribution in [-0.2, 0) is 13.0 Å². The van der Waals surface area contributed by atoms with Gasteiger partial charge in [0.05, 0.1) is 12.8 Å². The molecule has 0 spiro atoms. The Balaban J connectivity index is 1.80. The highest BCUT2D eigenvalue weighted by atomic mass is 32.1. The molecule has 0 bridgehead atoms. The minimum Gasteiger partial charge on any atom is -0.490 e. The van der Waals surface area contributed by atoms with Gasteiger partial charge in [-0.25, -0.2) is 0 Å². The summed E-state index contributed by atoms with van der Waals surface area (Å²) in [5.41, 5.74) is 3.24. The molecule has 0 fully saturated rings. The van der Waals surface area contributed by atoms with E-state index in [-0.39, 0.29) is 0 Å². The lowest BCUT2D eigenvalue weighted by Crippen LogP contribution is -2.02. The topological polar surface area (TPSA) is 64.4 Å². The maximum atomic E-state index is 6.01. The second-order valence-electron chi connectivity index (χ2n) is 6.21. The van der Waals surface area contributed by atoms with E-state index in [0.717, 1.165) is 23.4 Å². The van der Waals surface area contributed by atoms with E-state index in [0.29, 0.717) is 29.5 Å². The fraction of sp³-hybridized carbons (Fsp3) is 0.286. The number of H-pyrrole nitrogens is 1. The molecule has 146 valence electrons.